The number of nitriles is 1. The normalized spacial score (nSPS) is 11.1. The number of aliphatic hydroxyl groups is 1. The Hall–Kier alpha value is -1.53. The van der Waals surface area contributed by atoms with Gasteiger partial charge in [0, 0.05) is 6.61 Å². The Morgan fingerprint density at radius 2 is 1.89 bits per heavy atom. The molecule has 1 N–H and O–H groups in total. The molecule has 3 nitrogen and oxygen atoms in total. The second-order valence-corrected chi connectivity index (χ2v) is 5.42. The summed E-state index contributed by atoms with van der Waals surface area (Å²) in [6, 6.07) is 10.1. The highest BCUT2D eigenvalue weighted by Gasteiger charge is 2.15. The van der Waals surface area contributed by atoms with Gasteiger partial charge >= 0.3 is 0 Å². The fourth-order valence-electron chi connectivity index (χ4n) is 1.80. The molecule has 0 aromatic heterocycles. The number of ether oxygens (including phenoxy) is 1. The Morgan fingerprint density at radius 3 is 2.47 bits per heavy atom. The average Bonchev–Trinajstić information content (AvgIpc) is 2.40. The minimum Gasteiger partial charge on any atom is -0.494 e. The molecule has 0 aliphatic carbocycles. The Morgan fingerprint density at radius 1 is 1.21 bits per heavy atom. The minimum absolute atomic E-state index is 0.175. The van der Waals surface area contributed by atoms with Gasteiger partial charge in [-0.1, -0.05) is 12.1 Å². The van der Waals surface area contributed by atoms with Gasteiger partial charge in [-0.15, -0.1) is 0 Å². The van der Waals surface area contributed by atoms with Crippen LogP contribution in [0.3, 0.4) is 0 Å². The summed E-state index contributed by atoms with van der Waals surface area (Å²) in [5.74, 6) is 0.862. The van der Waals surface area contributed by atoms with Crippen molar-refractivity contribution in [3.05, 3.63) is 29.8 Å². The predicted molar refractivity (Wildman–Crippen MR) is 76.0 cm³/mol. The van der Waals surface area contributed by atoms with Gasteiger partial charge in [-0.25, -0.2) is 0 Å². The molecule has 3 heteroatoms. The number of benzene rings is 1. The van der Waals surface area contributed by atoms with E-state index < -0.39 is 0 Å². The van der Waals surface area contributed by atoms with E-state index in [0.717, 1.165) is 30.6 Å². The van der Waals surface area contributed by atoms with Gasteiger partial charge < -0.3 is 9.84 Å². The molecular weight excluding hydrogens is 238 g/mol. The number of rotatable bonds is 8. The predicted octanol–water partition coefficient (Wildman–Crippen LogP) is 3.32. The zero-order valence-electron chi connectivity index (χ0n) is 11.9. The lowest BCUT2D eigenvalue weighted by Gasteiger charge is -2.14. The molecule has 0 heterocycles. The lowest BCUT2D eigenvalue weighted by molar-refractivity contribution is 0.293. The van der Waals surface area contributed by atoms with Crippen LogP contribution in [-0.4, -0.2) is 18.3 Å². The second kappa shape index (κ2) is 7.81. The van der Waals surface area contributed by atoms with E-state index in [9.17, 15) is 0 Å². The van der Waals surface area contributed by atoms with Gasteiger partial charge in [0.15, 0.2) is 0 Å². The number of aliphatic hydroxyl groups excluding tert-OH is 1. The van der Waals surface area contributed by atoms with Crippen LogP contribution in [0.15, 0.2) is 24.3 Å². The number of hydrogen-bond acceptors (Lipinski definition) is 3. The third-order valence-corrected chi connectivity index (χ3v) is 3.09. The highest BCUT2D eigenvalue weighted by Crippen LogP contribution is 2.21. The zero-order valence-corrected chi connectivity index (χ0v) is 11.9. The molecule has 19 heavy (non-hydrogen) atoms. The van der Waals surface area contributed by atoms with E-state index in [1.807, 2.05) is 38.1 Å². The van der Waals surface area contributed by atoms with E-state index in [4.69, 9.17) is 15.1 Å². The quantitative estimate of drug-likeness (QED) is 0.730. The maximum atomic E-state index is 8.90. The van der Waals surface area contributed by atoms with E-state index in [-0.39, 0.29) is 12.0 Å². The van der Waals surface area contributed by atoms with E-state index >= 15 is 0 Å². The Bertz CT molecular complexity index is 404. The van der Waals surface area contributed by atoms with E-state index in [0.29, 0.717) is 13.0 Å². The summed E-state index contributed by atoms with van der Waals surface area (Å²) >= 11 is 0. The molecule has 1 aromatic rings. The Balaban J connectivity index is 2.21. The first-order valence-electron chi connectivity index (χ1n) is 6.81. The molecule has 0 fully saturated rings. The molecule has 0 radical (unpaired) electrons. The second-order valence-electron chi connectivity index (χ2n) is 5.42. The van der Waals surface area contributed by atoms with Crippen LogP contribution in [0.2, 0.25) is 0 Å². The highest BCUT2D eigenvalue weighted by atomic mass is 16.5. The average molecular weight is 261 g/mol. The summed E-state index contributed by atoms with van der Waals surface area (Å²) in [7, 11) is 0. The zero-order chi connectivity index (χ0) is 14.1. The third kappa shape index (κ3) is 6.26. The van der Waals surface area contributed by atoms with Gasteiger partial charge in [0.25, 0.3) is 0 Å². The summed E-state index contributed by atoms with van der Waals surface area (Å²) < 4.78 is 5.64. The van der Waals surface area contributed by atoms with Gasteiger partial charge in [-0.05, 0) is 57.2 Å². The standard InChI is InChI=1S/C16H23NO2/c1-16(2,13-17)10-3-4-12-19-15-7-5-14(6-8-15)9-11-18/h5-8,18H,3-4,9-12H2,1-2H3. The molecule has 0 saturated heterocycles. The molecule has 0 saturated carbocycles. The van der Waals surface area contributed by atoms with Crippen molar-refractivity contribution in [2.45, 2.75) is 39.5 Å². The van der Waals surface area contributed by atoms with E-state index in [2.05, 4.69) is 6.07 Å². The number of nitrogens with zero attached hydrogens (tertiary/aromatic N) is 1. The maximum absolute atomic E-state index is 8.90. The van der Waals surface area contributed by atoms with Crippen molar-refractivity contribution >= 4 is 0 Å². The summed E-state index contributed by atoms with van der Waals surface area (Å²) in [5.41, 5.74) is 0.886. The van der Waals surface area contributed by atoms with Gasteiger partial charge in [-0.3, -0.25) is 0 Å². The molecule has 0 aliphatic rings. The topological polar surface area (TPSA) is 53.2 Å². The lowest BCUT2D eigenvalue weighted by Crippen LogP contribution is -2.08. The first-order chi connectivity index (χ1) is 9.07. The minimum atomic E-state index is -0.230. The fraction of sp³-hybridized carbons (Fsp3) is 0.562. The van der Waals surface area contributed by atoms with Gasteiger partial charge in [0.2, 0.25) is 0 Å². The van der Waals surface area contributed by atoms with Gasteiger partial charge in [0.1, 0.15) is 5.75 Å². The van der Waals surface area contributed by atoms with Crippen LogP contribution in [-0.2, 0) is 6.42 Å². The Labute approximate surface area is 115 Å². The SMILES string of the molecule is CC(C)(C#N)CCCCOc1ccc(CCO)cc1. The van der Waals surface area contributed by atoms with Crippen molar-refractivity contribution in [3.63, 3.8) is 0 Å². The molecule has 1 aromatic carbocycles. The summed E-state index contributed by atoms with van der Waals surface area (Å²) in [4.78, 5) is 0. The van der Waals surface area contributed by atoms with Crippen LogP contribution < -0.4 is 4.74 Å². The summed E-state index contributed by atoms with van der Waals surface area (Å²) in [5, 5.41) is 17.7. The molecule has 104 valence electrons. The molecule has 0 spiro atoms. The van der Waals surface area contributed by atoms with Crippen LogP contribution in [0.5, 0.6) is 5.75 Å². The first-order valence-corrected chi connectivity index (χ1v) is 6.81. The van der Waals surface area contributed by atoms with Crippen molar-refractivity contribution in [1.29, 1.82) is 5.26 Å². The van der Waals surface area contributed by atoms with Gasteiger partial charge in [-0.2, -0.15) is 5.26 Å². The van der Waals surface area contributed by atoms with Gasteiger partial charge in [0.05, 0.1) is 18.1 Å². The van der Waals surface area contributed by atoms with E-state index in [1.54, 1.807) is 0 Å². The van der Waals surface area contributed by atoms with Crippen molar-refractivity contribution < 1.29 is 9.84 Å². The van der Waals surface area contributed by atoms with Crippen molar-refractivity contribution in [2.24, 2.45) is 5.41 Å². The summed E-state index contributed by atoms with van der Waals surface area (Å²) in [6.07, 6.45) is 3.55. The largest absolute Gasteiger partial charge is 0.494 e. The van der Waals surface area contributed by atoms with Crippen LogP contribution in [0.1, 0.15) is 38.7 Å². The maximum Gasteiger partial charge on any atom is 0.119 e. The number of hydrogen-bond donors (Lipinski definition) is 1. The molecule has 0 amide bonds. The molecule has 0 unspecified atom stereocenters. The molecule has 0 atom stereocenters. The first kappa shape index (κ1) is 15.5. The van der Waals surface area contributed by atoms with Crippen LogP contribution in [0, 0.1) is 16.7 Å². The molecular formula is C16H23NO2. The van der Waals surface area contributed by atoms with Crippen LogP contribution >= 0.6 is 0 Å². The Kier molecular flexibility index (Phi) is 6.38. The molecule has 1 rings (SSSR count). The molecule has 0 aliphatic heterocycles. The number of unbranched alkanes of at least 4 members (excludes halogenated alkanes) is 1. The van der Waals surface area contributed by atoms with Crippen molar-refractivity contribution in [1.82, 2.24) is 0 Å². The van der Waals surface area contributed by atoms with Crippen molar-refractivity contribution in [3.8, 4) is 11.8 Å². The van der Waals surface area contributed by atoms with E-state index in [1.165, 1.54) is 0 Å². The van der Waals surface area contributed by atoms with Crippen molar-refractivity contribution in [2.75, 3.05) is 13.2 Å². The highest BCUT2D eigenvalue weighted by molar-refractivity contribution is 5.27. The smallest absolute Gasteiger partial charge is 0.119 e. The fourth-order valence-corrected chi connectivity index (χ4v) is 1.80. The third-order valence-electron chi connectivity index (χ3n) is 3.09. The monoisotopic (exact) mass is 261 g/mol. The molecule has 0 bridgehead atoms. The lowest BCUT2D eigenvalue weighted by atomic mass is 9.89. The van der Waals surface area contributed by atoms with Crippen LogP contribution in [0.25, 0.3) is 0 Å². The summed E-state index contributed by atoms with van der Waals surface area (Å²) in [6.45, 7) is 4.79. The van der Waals surface area contributed by atoms with Crippen LogP contribution in [0.4, 0.5) is 0 Å².